The summed E-state index contributed by atoms with van der Waals surface area (Å²) >= 11 is 0. The van der Waals surface area contributed by atoms with Crippen molar-refractivity contribution in [3.05, 3.63) is 22.5 Å². The predicted octanol–water partition coefficient (Wildman–Crippen LogP) is 2.64. The molecule has 1 aliphatic carbocycles. The van der Waals surface area contributed by atoms with Gasteiger partial charge in [-0.25, -0.2) is 4.79 Å². The average Bonchev–Trinajstić information content (AvgIpc) is 3.31. The zero-order valence-corrected chi connectivity index (χ0v) is 15.2. The van der Waals surface area contributed by atoms with Crippen LogP contribution in [0.25, 0.3) is 0 Å². The molecule has 1 aliphatic rings. The summed E-state index contributed by atoms with van der Waals surface area (Å²) in [6.07, 6.45) is 1.88. The molecule has 1 heterocycles. The van der Waals surface area contributed by atoms with E-state index < -0.39 is 12.0 Å². The van der Waals surface area contributed by atoms with Crippen LogP contribution in [0.15, 0.2) is 0 Å². The molecule has 0 unspecified atom stereocenters. The van der Waals surface area contributed by atoms with Crippen molar-refractivity contribution in [1.29, 1.82) is 0 Å². The number of carbonyl (C=O) groups is 3. The molecule has 1 saturated carbocycles. The highest BCUT2D eigenvalue weighted by Crippen LogP contribution is 2.32. The van der Waals surface area contributed by atoms with Crippen LogP contribution in [-0.2, 0) is 9.53 Å². The number of aryl methyl sites for hydroxylation is 1. The van der Waals surface area contributed by atoms with Gasteiger partial charge >= 0.3 is 5.97 Å². The van der Waals surface area contributed by atoms with Crippen molar-refractivity contribution in [3.8, 4) is 0 Å². The first kappa shape index (κ1) is 18.2. The summed E-state index contributed by atoms with van der Waals surface area (Å²) in [6, 6.07) is -0.399. The monoisotopic (exact) mass is 334 g/mol. The fraction of sp³-hybridized carbons (Fsp3) is 0.611. The summed E-state index contributed by atoms with van der Waals surface area (Å²) in [7, 11) is 1.30. The number of aromatic nitrogens is 1. The minimum absolute atomic E-state index is 0.00242. The Morgan fingerprint density at radius 3 is 2.21 bits per heavy atom. The average molecular weight is 334 g/mol. The maximum absolute atomic E-state index is 13.0. The van der Waals surface area contributed by atoms with Gasteiger partial charge < -0.3 is 14.6 Å². The predicted molar refractivity (Wildman–Crippen MR) is 90.1 cm³/mol. The molecular formula is C18H26N2O4. The van der Waals surface area contributed by atoms with Gasteiger partial charge in [-0.1, -0.05) is 13.8 Å². The van der Waals surface area contributed by atoms with Crippen LogP contribution in [0.5, 0.6) is 0 Å². The van der Waals surface area contributed by atoms with Crippen LogP contribution in [0.2, 0.25) is 0 Å². The number of nitrogens with zero attached hydrogens (tertiary/aromatic N) is 1. The highest BCUT2D eigenvalue weighted by Gasteiger charge is 2.40. The van der Waals surface area contributed by atoms with E-state index in [4.69, 9.17) is 4.74 Å². The number of rotatable bonds is 6. The third-order valence-corrected chi connectivity index (χ3v) is 4.56. The number of nitrogens with one attached hydrogen (secondary N) is 1. The highest BCUT2D eigenvalue weighted by molar-refractivity contribution is 6.06. The SMILES string of the molecule is COC(=O)c1[nH]c(C)c(C(=O)[C@@H](C)N(C(=O)C(C)C)C2CC2)c1C. The first-order chi connectivity index (χ1) is 11.2. The smallest absolute Gasteiger partial charge is 0.354 e. The molecule has 0 spiro atoms. The van der Waals surface area contributed by atoms with Gasteiger partial charge in [0.2, 0.25) is 5.91 Å². The van der Waals surface area contributed by atoms with E-state index in [1.807, 2.05) is 13.8 Å². The van der Waals surface area contributed by atoms with Gasteiger partial charge in [0.1, 0.15) is 5.69 Å². The van der Waals surface area contributed by atoms with Gasteiger partial charge in [-0.15, -0.1) is 0 Å². The molecule has 1 amide bonds. The van der Waals surface area contributed by atoms with Crippen molar-refractivity contribution in [2.45, 2.75) is 59.5 Å². The summed E-state index contributed by atoms with van der Waals surface area (Å²) in [5.41, 5.74) is 1.96. The Hall–Kier alpha value is -2.11. The molecule has 1 N–H and O–H groups in total. The van der Waals surface area contributed by atoms with Gasteiger partial charge in [-0.2, -0.15) is 0 Å². The molecular weight excluding hydrogens is 308 g/mol. The van der Waals surface area contributed by atoms with Crippen LogP contribution >= 0.6 is 0 Å². The number of ketones is 1. The first-order valence-electron chi connectivity index (χ1n) is 8.34. The normalized spacial score (nSPS) is 15.3. The second-order valence-corrected chi connectivity index (χ2v) is 6.79. The van der Waals surface area contributed by atoms with Crippen molar-refractivity contribution < 1.29 is 19.1 Å². The lowest BCUT2D eigenvalue weighted by Crippen LogP contribution is -2.46. The number of hydrogen-bond acceptors (Lipinski definition) is 4. The Morgan fingerprint density at radius 2 is 1.75 bits per heavy atom. The van der Waals surface area contributed by atoms with Gasteiger partial charge in [0.25, 0.3) is 0 Å². The fourth-order valence-corrected chi connectivity index (χ4v) is 3.10. The Bertz CT molecular complexity index is 671. The lowest BCUT2D eigenvalue weighted by Gasteiger charge is -2.30. The van der Waals surface area contributed by atoms with E-state index in [2.05, 4.69) is 4.98 Å². The summed E-state index contributed by atoms with van der Waals surface area (Å²) < 4.78 is 4.74. The highest BCUT2D eigenvalue weighted by atomic mass is 16.5. The van der Waals surface area contributed by atoms with Crippen LogP contribution < -0.4 is 0 Å². The van der Waals surface area contributed by atoms with Gasteiger partial charge in [0.15, 0.2) is 5.78 Å². The van der Waals surface area contributed by atoms with Gasteiger partial charge in [0, 0.05) is 23.2 Å². The molecule has 1 atom stereocenters. The largest absolute Gasteiger partial charge is 0.464 e. The molecule has 0 saturated heterocycles. The molecule has 0 radical (unpaired) electrons. The number of Topliss-reactive ketones (excluding diaryl/α,β-unsaturated/α-hetero) is 1. The fourth-order valence-electron chi connectivity index (χ4n) is 3.10. The quantitative estimate of drug-likeness (QED) is 0.641. The molecule has 1 fully saturated rings. The Labute approximate surface area is 142 Å². The van der Waals surface area contributed by atoms with Crippen molar-refractivity contribution >= 4 is 17.7 Å². The summed E-state index contributed by atoms with van der Waals surface area (Å²) in [4.78, 5) is 42.0. The maximum Gasteiger partial charge on any atom is 0.354 e. The molecule has 0 aliphatic heterocycles. The van der Waals surface area contributed by atoms with Gasteiger partial charge in [-0.05, 0) is 39.2 Å². The third-order valence-electron chi connectivity index (χ3n) is 4.56. The van der Waals surface area contributed by atoms with Crippen LogP contribution in [0.4, 0.5) is 0 Å². The van der Waals surface area contributed by atoms with Crippen molar-refractivity contribution in [2.75, 3.05) is 7.11 Å². The number of ether oxygens (including phenoxy) is 1. The lowest BCUT2D eigenvalue weighted by atomic mass is 9.99. The van der Waals surface area contributed by atoms with E-state index in [9.17, 15) is 14.4 Å². The van der Waals surface area contributed by atoms with Crippen molar-refractivity contribution in [1.82, 2.24) is 9.88 Å². The van der Waals surface area contributed by atoms with E-state index in [1.54, 1.807) is 25.7 Å². The number of esters is 1. The standard InChI is InChI=1S/C18H26N2O4/c1-9(2)17(22)20(13-7-8-13)12(5)16(21)14-10(3)15(18(23)24-6)19-11(14)4/h9,12-13,19H,7-8H2,1-6H3/t12-/m1/s1. The summed E-state index contributed by atoms with van der Waals surface area (Å²) in [5, 5.41) is 0. The number of aromatic amines is 1. The third kappa shape index (κ3) is 3.23. The number of methoxy groups -OCH3 is 1. The first-order valence-corrected chi connectivity index (χ1v) is 8.34. The summed E-state index contributed by atoms with van der Waals surface area (Å²) in [6.45, 7) is 8.94. The van der Waals surface area contributed by atoms with Crippen molar-refractivity contribution in [3.63, 3.8) is 0 Å². The number of H-pyrrole nitrogens is 1. The van der Waals surface area contributed by atoms with Gasteiger partial charge in [-0.3, -0.25) is 9.59 Å². The molecule has 0 bridgehead atoms. The molecule has 0 aromatic carbocycles. The van der Waals surface area contributed by atoms with E-state index in [-0.39, 0.29) is 23.7 Å². The molecule has 2 rings (SSSR count). The Balaban J connectivity index is 2.35. The van der Waals surface area contributed by atoms with Crippen molar-refractivity contribution in [2.24, 2.45) is 5.92 Å². The lowest BCUT2D eigenvalue weighted by molar-refractivity contribution is -0.136. The minimum Gasteiger partial charge on any atom is -0.464 e. The Morgan fingerprint density at radius 1 is 1.17 bits per heavy atom. The van der Waals surface area contributed by atoms with Crippen LogP contribution in [0, 0.1) is 19.8 Å². The number of carbonyl (C=O) groups excluding carboxylic acids is 3. The molecule has 24 heavy (non-hydrogen) atoms. The maximum atomic E-state index is 13.0. The second-order valence-electron chi connectivity index (χ2n) is 6.79. The Kier molecular flexibility index (Phi) is 5.16. The van der Waals surface area contributed by atoms with E-state index in [0.29, 0.717) is 22.5 Å². The van der Waals surface area contributed by atoms with Crippen LogP contribution in [-0.4, -0.2) is 46.7 Å². The molecule has 6 nitrogen and oxygen atoms in total. The van der Waals surface area contributed by atoms with Gasteiger partial charge in [0.05, 0.1) is 13.2 Å². The van der Waals surface area contributed by atoms with Crippen LogP contribution in [0.1, 0.15) is 65.7 Å². The molecule has 6 heteroatoms. The summed E-state index contributed by atoms with van der Waals surface area (Å²) in [5.74, 6) is -0.797. The zero-order chi connectivity index (χ0) is 18.2. The molecule has 132 valence electrons. The zero-order valence-electron chi connectivity index (χ0n) is 15.2. The van der Waals surface area contributed by atoms with E-state index in [1.165, 1.54) is 7.11 Å². The van der Waals surface area contributed by atoms with Crippen LogP contribution in [0.3, 0.4) is 0 Å². The number of hydrogen-bond donors (Lipinski definition) is 1. The molecule has 1 aromatic rings. The number of amides is 1. The second kappa shape index (κ2) is 6.79. The molecule has 1 aromatic heterocycles. The van der Waals surface area contributed by atoms with E-state index >= 15 is 0 Å². The van der Waals surface area contributed by atoms with E-state index in [0.717, 1.165) is 12.8 Å². The topological polar surface area (TPSA) is 79.5 Å². The minimum atomic E-state index is -0.550.